The maximum atomic E-state index is 12.6. The zero-order valence-electron chi connectivity index (χ0n) is 12.1. The van der Waals surface area contributed by atoms with Crippen molar-refractivity contribution in [3.63, 3.8) is 0 Å². The number of primary amides is 1. The molecule has 5 nitrogen and oxygen atoms in total. The summed E-state index contributed by atoms with van der Waals surface area (Å²) in [6.07, 6.45) is 1.61. The van der Waals surface area contributed by atoms with E-state index in [0.717, 1.165) is 20.8 Å². The lowest BCUT2D eigenvalue weighted by Gasteiger charge is -2.03. The number of hydrogen-bond donors (Lipinski definition) is 1. The summed E-state index contributed by atoms with van der Waals surface area (Å²) in [6.45, 7) is 2.19. The van der Waals surface area contributed by atoms with Gasteiger partial charge in [0.25, 0.3) is 5.56 Å². The molecule has 1 aromatic carbocycles. The number of carbonyl (C=O) groups excluding carboxylic acids is 1. The number of carbonyl (C=O) groups is 1. The Morgan fingerprint density at radius 3 is 2.73 bits per heavy atom. The molecule has 0 aliphatic rings. The van der Waals surface area contributed by atoms with E-state index in [1.165, 1.54) is 22.2 Å². The highest BCUT2D eigenvalue weighted by Gasteiger charge is 2.15. The van der Waals surface area contributed by atoms with Crippen LogP contribution in [0, 0.1) is 6.92 Å². The molecule has 3 rings (SSSR count). The van der Waals surface area contributed by atoms with Crippen LogP contribution in [0.1, 0.15) is 12.0 Å². The second-order valence-electron chi connectivity index (χ2n) is 5.06. The third-order valence-corrected chi connectivity index (χ3v) is 4.80. The molecule has 0 unspecified atom stereocenters. The van der Waals surface area contributed by atoms with Crippen LogP contribution in [0.25, 0.3) is 20.7 Å². The van der Waals surface area contributed by atoms with Crippen LogP contribution in [0.2, 0.25) is 0 Å². The summed E-state index contributed by atoms with van der Waals surface area (Å²) in [5.74, 6) is -0.431. The molecule has 0 aliphatic carbocycles. The fraction of sp³-hybridized carbons (Fsp3) is 0.188. The molecule has 0 saturated carbocycles. The first-order valence-electron chi connectivity index (χ1n) is 6.90. The van der Waals surface area contributed by atoms with Crippen molar-refractivity contribution in [3.05, 3.63) is 52.6 Å². The molecule has 0 spiro atoms. The molecule has 2 aromatic heterocycles. The molecule has 0 saturated heterocycles. The Kier molecular flexibility index (Phi) is 3.77. The monoisotopic (exact) mass is 313 g/mol. The third-order valence-electron chi connectivity index (χ3n) is 3.55. The first-order chi connectivity index (χ1) is 10.6. The van der Waals surface area contributed by atoms with Crippen LogP contribution in [0.3, 0.4) is 0 Å². The second-order valence-corrected chi connectivity index (χ2v) is 6.06. The lowest BCUT2D eigenvalue weighted by Crippen LogP contribution is -2.23. The van der Waals surface area contributed by atoms with E-state index in [2.05, 4.69) is 4.98 Å². The number of fused-ring (bicyclic) bond motifs is 1. The van der Waals surface area contributed by atoms with Crippen molar-refractivity contribution >= 4 is 27.5 Å². The normalized spacial score (nSPS) is 11.0. The van der Waals surface area contributed by atoms with E-state index in [9.17, 15) is 9.59 Å². The number of benzene rings is 1. The van der Waals surface area contributed by atoms with Crippen molar-refractivity contribution in [2.75, 3.05) is 0 Å². The van der Waals surface area contributed by atoms with Crippen molar-refractivity contribution in [2.45, 2.75) is 19.9 Å². The highest BCUT2D eigenvalue weighted by atomic mass is 32.1. The van der Waals surface area contributed by atoms with E-state index in [-0.39, 0.29) is 18.5 Å². The number of amides is 1. The summed E-state index contributed by atoms with van der Waals surface area (Å²) >= 11 is 1.51. The number of thiophene rings is 1. The SMILES string of the molecule is Cc1c(-c2ccccc2)sc2ncn(CCC(N)=O)c(=O)c12. The minimum absolute atomic E-state index is 0.123. The smallest absolute Gasteiger partial charge is 0.262 e. The number of nitrogens with two attached hydrogens (primary N) is 1. The number of aryl methyl sites for hydroxylation is 2. The quantitative estimate of drug-likeness (QED) is 0.803. The Labute approximate surface area is 131 Å². The molecule has 1 amide bonds. The van der Waals surface area contributed by atoms with E-state index in [1.807, 2.05) is 37.3 Å². The van der Waals surface area contributed by atoms with E-state index in [1.54, 1.807) is 0 Å². The van der Waals surface area contributed by atoms with Gasteiger partial charge in [-0.15, -0.1) is 11.3 Å². The van der Waals surface area contributed by atoms with Crippen molar-refractivity contribution < 1.29 is 4.79 Å². The number of hydrogen-bond acceptors (Lipinski definition) is 4. The van der Waals surface area contributed by atoms with E-state index in [0.29, 0.717) is 5.39 Å². The molecule has 2 heterocycles. The summed E-state index contributed by atoms with van der Waals surface area (Å²) in [7, 11) is 0. The highest BCUT2D eigenvalue weighted by Crippen LogP contribution is 2.35. The molecule has 0 fully saturated rings. The average molecular weight is 313 g/mol. The predicted molar refractivity (Wildman–Crippen MR) is 87.9 cm³/mol. The summed E-state index contributed by atoms with van der Waals surface area (Å²) in [5, 5.41) is 0.621. The predicted octanol–water partition coefficient (Wildman–Crippen LogP) is 2.31. The second kappa shape index (κ2) is 5.73. The minimum atomic E-state index is -0.431. The van der Waals surface area contributed by atoms with Gasteiger partial charge in [0.2, 0.25) is 5.91 Å². The van der Waals surface area contributed by atoms with Gasteiger partial charge in [-0.25, -0.2) is 4.98 Å². The Balaban J connectivity index is 2.13. The Bertz CT molecular complexity index is 897. The van der Waals surface area contributed by atoms with Gasteiger partial charge in [0.15, 0.2) is 0 Å². The van der Waals surface area contributed by atoms with Gasteiger partial charge < -0.3 is 5.73 Å². The van der Waals surface area contributed by atoms with E-state index < -0.39 is 5.91 Å². The van der Waals surface area contributed by atoms with Gasteiger partial charge in [0.1, 0.15) is 4.83 Å². The number of nitrogens with zero attached hydrogens (tertiary/aromatic N) is 2. The molecular formula is C16H15N3O2S. The summed E-state index contributed by atoms with van der Waals surface area (Å²) in [6, 6.07) is 9.93. The number of aromatic nitrogens is 2. The highest BCUT2D eigenvalue weighted by molar-refractivity contribution is 7.22. The Morgan fingerprint density at radius 1 is 1.32 bits per heavy atom. The summed E-state index contributed by atoms with van der Waals surface area (Å²) < 4.78 is 1.45. The fourth-order valence-corrected chi connectivity index (χ4v) is 3.56. The van der Waals surface area contributed by atoms with Crippen molar-refractivity contribution in [2.24, 2.45) is 5.73 Å². The van der Waals surface area contributed by atoms with Gasteiger partial charge in [-0.2, -0.15) is 0 Å². The lowest BCUT2D eigenvalue weighted by atomic mass is 10.1. The zero-order valence-corrected chi connectivity index (χ0v) is 12.9. The molecule has 6 heteroatoms. The van der Waals surface area contributed by atoms with Crippen LogP contribution in [0.5, 0.6) is 0 Å². The molecule has 0 aliphatic heterocycles. The van der Waals surface area contributed by atoms with Crippen LogP contribution in [0.4, 0.5) is 0 Å². The zero-order chi connectivity index (χ0) is 15.7. The molecule has 0 bridgehead atoms. The van der Waals surface area contributed by atoms with Gasteiger partial charge in [-0.1, -0.05) is 30.3 Å². The molecule has 3 aromatic rings. The first kappa shape index (κ1) is 14.5. The van der Waals surface area contributed by atoms with Crippen LogP contribution in [-0.4, -0.2) is 15.5 Å². The molecule has 112 valence electrons. The van der Waals surface area contributed by atoms with Gasteiger partial charge in [0.05, 0.1) is 11.7 Å². The van der Waals surface area contributed by atoms with Crippen molar-refractivity contribution in [3.8, 4) is 10.4 Å². The van der Waals surface area contributed by atoms with Crippen LogP contribution in [-0.2, 0) is 11.3 Å². The van der Waals surface area contributed by atoms with Crippen molar-refractivity contribution in [1.82, 2.24) is 9.55 Å². The standard InChI is InChI=1S/C16H15N3O2S/c1-10-13-15(22-14(10)11-5-3-2-4-6-11)18-9-19(16(13)21)8-7-12(17)20/h2-6,9H,7-8H2,1H3,(H2,17,20). The fourth-order valence-electron chi connectivity index (χ4n) is 2.41. The van der Waals surface area contributed by atoms with Crippen LogP contribution in [0.15, 0.2) is 41.5 Å². The first-order valence-corrected chi connectivity index (χ1v) is 7.72. The summed E-state index contributed by atoms with van der Waals surface area (Å²) in [4.78, 5) is 29.6. The summed E-state index contributed by atoms with van der Waals surface area (Å²) in [5.41, 5.74) is 7.02. The largest absolute Gasteiger partial charge is 0.370 e. The maximum absolute atomic E-state index is 12.6. The van der Waals surface area contributed by atoms with Gasteiger partial charge >= 0.3 is 0 Å². The van der Waals surface area contributed by atoms with E-state index in [4.69, 9.17) is 5.73 Å². The maximum Gasteiger partial charge on any atom is 0.262 e. The van der Waals surface area contributed by atoms with Crippen LogP contribution >= 0.6 is 11.3 Å². The third kappa shape index (κ3) is 2.53. The molecule has 22 heavy (non-hydrogen) atoms. The van der Waals surface area contributed by atoms with Crippen LogP contribution < -0.4 is 11.3 Å². The molecule has 2 N–H and O–H groups in total. The number of rotatable bonds is 4. The van der Waals surface area contributed by atoms with Gasteiger partial charge in [0, 0.05) is 17.8 Å². The average Bonchev–Trinajstić information content (AvgIpc) is 2.85. The van der Waals surface area contributed by atoms with Gasteiger partial charge in [-0.3, -0.25) is 14.2 Å². The van der Waals surface area contributed by atoms with E-state index >= 15 is 0 Å². The molecule has 0 atom stereocenters. The van der Waals surface area contributed by atoms with Gasteiger partial charge in [-0.05, 0) is 18.1 Å². The molecular weight excluding hydrogens is 298 g/mol. The van der Waals surface area contributed by atoms with Crippen molar-refractivity contribution in [1.29, 1.82) is 0 Å². The Hall–Kier alpha value is -2.47. The minimum Gasteiger partial charge on any atom is -0.370 e. The molecule has 0 radical (unpaired) electrons. The Morgan fingerprint density at radius 2 is 2.05 bits per heavy atom. The lowest BCUT2D eigenvalue weighted by molar-refractivity contribution is -0.118. The topological polar surface area (TPSA) is 78.0 Å².